The molecule has 0 bridgehead atoms. The van der Waals surface area contributed by atoms with Gasteiger partial charge >= 0.3 is 0 Å². The van der Waals surface area contributed by atoms with Gasteiger partial charge in [0.15, 0.2) is 5.79 Å². The third kappa shape index (κ3) is 4.93. The lowest BCUT2D eigenvalue weighted by Crippen LogP contribution is -2.51. The molecule has 2 heterocycles. The van der Waals surface area contributed by atoms with Crippen molar-refractivity contribution in [1.29, 1.82) is 0 Å². The van der Waals surface area contributed by atoms with Crippen molar-refractivity contribution in [1.82, 2.24) is 9.71 Å². The second kappa shape index (κ2) is 6.84. The highest BCUT2D eigenvalue weighted by Gasteiger charge is 2.40. The third-order valence-electron chi connectivity index (χ3n) is 3.45. The fourth-order valence-electron chi connectivity index (χ4n) is 2.22. The Kier molecular flexibility index (Phi) is 5.50. The van der Waals surface area contributed by atoms with E-state index in [1.807, 2.05) is 52.8 Å². The van der Waals surface area contributed by atoms with Crippen molar-refractivity contribution in [2.45, 2.75) is 63.7 Å². The molecular formula is C16H26N2O3S. The van der Waals surface area contributed by atoms with Crippen LogP contribution in [0.5, 0.6) is 0 Å². The molecule has 0 aromatic carbocycles. The molecule has 0 amide bonds. The summed E-state index contributed by atoms with van der Waals surface area (Å²) in [6, 6.07) is 5.69. The minimum absolute atomic E-state index is 0.114. The number of hydrogen-bond acceptors (Lipinski definition) is 5. The van der Waals surface area contributed by atoms with Crippen molar-refractivity contribution in [2.24, 2.45) is 0 Å². The zero-order chi connectivity index (χ0) is 16.4. The smallest absolute Gasteiger partial charge is 0.163 e. The number of rotatable bonds is 5. The van der Waals surface area contributed by atoms with E-state index in [0.717, 1.165) is 5.69 Å². The molecule has 2 unspecified atom stereocenters. The van der Waals surface area contributed by atoms with E-state index in [1.54, 1.807) is 6.20 Å². The van der Waals surface area contributed by atoms with Gasteiger partial charge in [0.1, 0.15) is 10.9 Å². The van der Waals surface area contributed by atoms with Gasteiger partial charge in [-0.25, -0.2) is 0 Å². The van der Waals surface area contributed by atoms with Crippen LogP contribution in [0, 0.1) is 0 Å². The molecule has 3 atom stereocenters. The monoisotopic (exact) mass is 326 g/mol. The third-order valence-corrected chi connectivity index (χ3v) is 5.08. The van der Waals surface area contributed by atoms with Gasteiger partial charge in [-0.3, -0.25) is 4.98 Å². The quantitative estimate of drug-likeness (QED) is 0.840. The lowest BCUT2D eigenvalue weighted by Gasteiger charge is -2.30. The van der Waals surface area contributed by atoms with Crippen LogP contribution < -0.4 is 4.72 Å². The molecule has 1 aliphatic rings. The Morgan fingerprint density at radius 3 is 2.68 bits per heavy atom. The summed E-state index contributed by atoms with van der Waals surface area (Å²) < 4.78 is 26.9. The van der Waals surface area contributed by atoms with Crippen LogP contribution in [0.4, 0.5) is 0 Å². The highest BCUT2D eigenvalue weighted by Crippen LogP contribution is 2.26. The van der Waals surface area contributed by atoms with Crippen LogP contribution in [-0.2, 0) is 27.3 Å². The minimum Gasteiger partial charge on any atom is -0.598 e. The predicted octanol–water partition coefficient (Wildman–Crippen LogP) is 2.20. The summed E-state index contributed by atoms with van der Waals surface area (Å²) in [6.45, 7) is 10.1. The van der Waals surface area contributed by atoms with Crippen LogP contribution in [0.2, 0.25) is 0 Å². The molecule has 2 rings (SSSR count). The second-order valence-electron chi connectivity index (χ2n) is 7.00. The molecule has 0 aliphatic carbocycles. The largest absolute Gasteiger partial charge is 0.598 e. The summed E-state index contributed by atoms with van der Waals surface area (Å²) in [4.78, 5) is 4.36. The van der Waals surface area contributed by atoms with Gasteiger partial charge in [-0.1, -0.05) is 6.07 Å². The van der Waals surface area contributed by atoms with Crippen molar-refractivity contribution in [3.05, 3.63) is 30.1 Å². The first-order valence-electron chi connectivity index (χ1n) is 7.57. The van der Waals surface area contributed by atoms with Gasteiger partial charge in [-0.15, -0.1) is 4.72 Å². The molecule has 1 N–H and O–H groups in total. The van der Waals surface area contributed by atoms with Crippen LogP contribution in [-0.4, -0.2) is 38.8 Å². The predicted molar refractivity (Wildman–Crippen MR) is 87.7 cm³/mol. The Morgan fingerprint density at radius 1 is 1.45 bits per heavy atom. The van der Waals surface area contributed by atoms with Gasteiger partial charge in [-0.2, -0.15) is 0 Å². The van der Waals surface area contributed by atoms with Crippen molar-refractivity contribution in [3.63, 3.8) is 0 Å². The van der Waals surface area contributed by atoms with Crippen LogP contribution in [0.15, 0.2) is 24.4 Å². The summed E-state index contributed by atoms with van der Waals surface area (Å²) in [6.07, 6.45) is 2.26. The maximum Gasteiger partial charge on any atom is 0.163 e. The van der Waals surface area contributed by atoms with Crippen LogP contribution in [0.25, 0.3) is 0 Å². The molecule has 22 heavy (non-hydrogen) atoms. The summed E-state index contributed by atoms with van der Waals surface area (Å²) >= 11 is -1.18. The number of nitrogens with one attached hydrogen (secondary N) is 1. The molecule has 1 aliphatic heterocycles. The lowest BCUT2D eigenvalue weighted by molar-refractivity contribution is -0.141. The van der Waals surface area contributed by atoms with E-state index in [9.17, 15) is 4.55 Å². The fourth-order valence-corrected chi connectivity index (χ4v) is 3.08. The Morgan fingerprint density at radius 2 is 2.18 bits per heavy atom. The molecule has 1 aromatic rings. The number of nitrogens with zero attached hydrogens (tertiary/aromatic N) is 1. The number of ether oxygens (including phenoxy) is 2. The number of aromatic nitrogens is 1. The van der Waals surface area contributed by atoms with Gasteiger partial charge in [0.25, 0.3) is 0 Å². The molecule has 5 nitrogen and oxygen atoms in total. The maximum atomic E-state index is 12.5. The van der Waals surface area contributed by atoms with E-state index in [0.29, 0.717) is 13.0 Å². The second-order valence-corrected chi connectivity index (χ2v) is 9.00. The summed E-state index contributed by atoms with van der Waals surface area (Å²) in [7, 11) is 0. The number of hydrogen-bond donors (Lipinski definition) is 1. The maximum absolute atomic E-state index is 12.5. The molecule has 0 radical (unpaired) electrons. The Labute approximate surface area is 136 Å². The molecule has 6 heteroatoms. The van der Waals surface area contributed by atoms with E-state index in [-0.39, 0.29) is 16.9 Å². The van der Waals surface area contributed by atoms with E-state index in [2.05, 4.69) is 9.71 Å². The van der Waals surface area contributed by atoms with Crippen LogP contribution in [0.3, 0.4) is 0 Å². The van der Waals surface area contributed by atoms with Gasteiger partial charge in [0, 0.05) is 29.7 Å². The van der Waals surface area contributed by atoms with E-state index in [1.165, 1.54) is 0 Å². The highest BCUT2D eigenvalue weighted by atomic mass is 32.2. The summed E-state index contributed by atoms with van der Waals surface area (Å²) in [5, 5.41) is 0. The summed E-state index contributed by atoms with van der Waals surface area (Å²) in [5.41, 5.74) is 0.944. The SMILES string of the molecule is CC1(C)OC[C@@H](C(Cc2ccccn2)N[S+]([O-])C(C)(C)C)O1. The number of pyridine rings is 1. The van der Waals surface area contributed by atoms with E-state index >= 15 is 0 Å². The van der Waals surface area contributed by atoms with E-state index < -0.39 is 17.1 Å². The Balaban J connectivity index is 2.10. The van der Waals surface area contributed by atoms with Crippen molar-refractivity contribution in [2.75, 3.05) is 6.61 Å². The standard InChI is InChI=1S/C16H26N2O3S/c1-15(2,3)22(19)18-13(10-12-8-6-7-9-17-12)14-11-20-16(4,5)21-14/h6-9,13-14,18H,10-11H2,1-5H3/t13?,14-,22?/m0/s1. The lowest BCUT2D eigenvalue weighted by atomic mass is 10.1. The van der Waals surface area contributed by atoms with Crippen LogP contribution in [0.1, 0.15) is 40.3 Å². The van der Waals surface area contributed by atoms with Gasteiger partial charge in [0.05, 0.1) is 12.6 Å². The summed E-state index contributed by atoms with van der Waals surface area (Å²) in [5.74, 6) is -0.599. The first kappa shape index (κ1) is 17.7. The van der Waals surface area contributed by atoms with Crippen LogP contribution >= 0.6 is 0 Å². The highest BCUT2D eigenvalue weighted by molar-refractivity contribution is 7.90. The fraction of sp³-hybridized carbons (Fsp3) is 0.688. The minimum atomic E-state index is -1.18. The van der Waals surface area contributed by atoms with Gasteiger partial charge in [-0.05, 0) is 46.8 Å². The van der Waals surface area contributed by atoms with Gasteiger partial charge < -0.3 is 14.0 Å². The average molecular weight is 326 g/mol. The van der Waals surface area contributed by atoms with E-state index in [4.69, 9.17) is 9.47 Å². The first-order chi connectivity index (χ1) is 10.2. The Bertz CT molecular complexity index is 476. The molecule has 0 spiro atoms. The molecule has 124 valence electrons. The first-order valence-corrected chi connectivity index (χ1v) is 8.72. The van der Waals surface area contributed by atoms with Crippen molar-refractivity contribution >= 4 is 11.4 Å². The molecular weight excluding hydrogens is 300 g/mol. The molecule has 1 saturated heterocycles. The topological polar surface area (TPSA) is 66.4 Å². The van der Waals surface area contributed by atoms with Gasteiger partial charge in [0.2, 0.25) is 0 Å². The molecule has 1 fully saturated rings. The normalized spacial score (nSPS) is 24.2. The zero-order valence-electron chi connectivity index (χ0n) is 14.0. The average Bonchev–Trinajstić information content (AvgIpc) is 2.78. The van der Waals surface area contributed by atoms with Crippen molar-refractivity contribution < 1.29 is 14.0 Å². The molecule has 0 saturated carbocycles. The van der Waals surface area contributed by atoms with Crippen molar-refractivity contribution in [3.8, 4) is 0 Å². The Hall–Kier alpha value is -0.660. The zero-order valence-corrected chi connectivity index (χ0v) is 14.8. The molecule has 1 aromatic heterocycles.